The normalized spacial score (nSPS) is 15.2. The molecule has 2 aromatic carbocycles. The van der Waals surface area contributed by atoms with Crippen molar-refractivity contribution in [3.63, 3.8) is 0 Å². The first-order valence-electron chi connectivity index (χ1n) is 10.6. The van der Waals surface area contributed by atoms with E-state index in [4.69, 9.17) is 9.47 Å². The lowest BCUT2D eigenvalue weighted by atomic mass is 9.88. The number of fused-ring (bicyclic) bond motifs is 1. The van der Waals surface area contributed by atoms with Gasteiger partial charge in [-0.05, 0) is 44.0 Å². The van der Waals surface area contributed by atoms with Gasteiger partial charge in [-0.3, -0.25) is 4.79 Å². The number of rotatable bonds is 7. The van der Waals surface area contributed by atoms with Gasteiger partial charge in [0.25, 0.3) is 0 Å². The molecule has 1 aromatic heterocycles. The van der Waals surface area contributed by atoms with E-state index in [-0.39, 0.29) is 29.2 Å². The monoisotopic (exact) mass is 451 g/mol. The molecule has 6 nitrogen and oxygen atoms in total. The van der Waals surface area contributed by atoms with E-state index in [9.17, 15) is 14.7 Å². The Kier molecular flexibility index (Phi) is 6.19. The standard InChI is InChI=1S/C25H25NO5S/c1-4-30-19-12-16(10-11-18(19)31-14(2)3)17-13-20(27)26-22-21(15-8-6-5-7-9-15)24(25(28)29)32-23(17)22/h5-12,14,17H,4,13H2,1-3H3,(H,26,27)(H,28,29)/t17-/m1/s1. The average molecular weight is 452 g/mol. The minimum Gasteiger partial charge on any atom is -0.490 e. The SMILES string of the molecule is CCOc1cc([C@H]2CC(=O)Nc3c2sc(C(=O)O)c3-c2ccccc2)ccc1OC(C)C. The number of benzene rings is 2. The molecule has 0 unspecified atom stereocenters. The first kappa shape index (κ1) is 21.9. The van der Waals surface area contributed by atoms with Gasteiger partial charge in [-0.1, -0.05) is 36.4 Å². The summed E-state index contributed by atoms with van der Waals surface area (Å²) in [7, 11) is 0. The number of carbonyl (C=O) groups excluding carboxylic acids is 1. The Morgan fingerprint density at radius 3 is 2.59 bits per heavy atom. The van der Waals surface area contributed by atoms with Crippen molar-refractivity contribution >= 4 is 28.9 Å². The van der Waals surface area contributed by atoms with Crippen molar-refractivity contribution < 1.29 is 24.2 Å². The van der Waals surface area contributed by atoms with Gasteiger partial charge < -0.3 is 19.9 Å². The van der Waals surface area contributed by atoms with Crippen LogP contribution in [-0.4, -0.2) is 29.7 Å². The summed E-state index contributed by atoms with van der Waals surface area (Å²) in [6.07, 6.45) is 0.229. The van der Waals surface area contributed by atoms with Crippen molar-refractivity contribution in [2.45, 2.75) is 39.2 Å². The van der Waals surface area contributed by atoms with Crippen molar-refractivity contribution in [1.82, 2.24) is 0 Å². The van der Waals surface area contributed by atoms with Crippen LogP contribution in [0.2, 0.25) is 0 Å². The number of anilines is 1. The number of carboxylic acids is 1. The summed E-state index contributed by atoms with van der Waals surface area (Å²) in [6, 6.07) is 15.0. The maximum Gasteiger partial charge on any atom is 0.346 e. The van der Waals surface area contributed by atoms with Crippen LogP contribution in [0, 0.1) is 0 Å². The van der Waals surface area contributed by atoms with Crippen LogP contribution in [0.5, 0.6) is 11.5 Å². The van der Waals surface area contributed by atoms with Crippen molar-refractivity contribution in [3.05, 3.63) is 63.8 Å². The highest BCUT2D eigenvalue weighted by Gasteiger charge is 2.34. The van der Waals surface area contributed by atoms with Gasteiger partial charge in [0.1, 0.15) is 4.88 Å². The second-order valence-corrected chi connectivity index (χ2v) is 8.88. The van der Waals surface area contributed by atoms with Crippen LogP contribution >= 0.6 is 11.3 Å². The molecule has 1 atom stereocenters. The average Bonchev–Trinajstić information content (AvgIpc) is 3.14. The fourth-order valence-electron chi connectivity index (χ4n) is 3.95. The zero-order valence-corrected chi connectivity index (χ0v) is 19.0. The van der Waals surface area contributed by atoms with Gasteiger partial charge in [0.05, 0.1) is 18.4 Å². The Bertz CT molecular complexity index is 1150. The van der Waals surface area contributed by atoms with E-state index in [0.29, 0.717) is 29.4 Å². The van der Waals surface area contributed by atoms with Crippen LogP contribution < -0.4 is 14.8 Å². The molecule has 166 valence electrons. The minimum absolute atomic E-state index is 0.00373. The zero-order chi connectivity index (χ0) is 22.8. The van der Waals surface area contributed by atoms with Crippen molar-refractivity contribution in [2.24, 2.45) is 0 Å². The third kappa shape index (κ3) is 4.21. The van der Waals surface area contributed by atoms with Gasteiger partial charge in [-0.25, -0.2) is 4.79 Å². The summed E-state index contributed by atoms with van der Waals surface area (Å²) < 4.78 is 11.7. The summed E-state index contributed by atoms with van der Waals surface area (Å²) in [5, 5.41) is 12.8. The third-order valence-electron chi connectivity index (χ3n) is 5.20. The Hall–Kier alpha value is -3.32. The molecule has 7 heteroatoms. The van der Waals surface area contributed by atoms with E-state index >= 15 is 0 Å². The van der Waals surface area contributed by atoms with Crippen molar-refractivity contribution in [2.75, 3.05) is 11.9 Å². The number of hydrogen-bond donors (Lipinski definition) is 2. The lowest BCUT2D eigenvalue weighted by Gasteiger charge is -2.25. The topological polar surface area (TPSA) is 84.9 Å². The van der Waals surface area contributed by atoms with Crippen LogP contribution in [0.3, 0.4) is 0 Å². The Morgan fingerprint density at radius 1 is 1.19 bits per heavy atom. The fourth-order valence-corrected chi connectivity index (χ4v) is 5.19. The fraction of sp³-hybridized carbons (Fsp3) is 0.280. The number of nitrogens with one attached hydrogen (secondary N) is 1. The number of carbonyl (C=O) groups is 2. The minimum atomic E-state index is -1.01. The highest BCUT2D eigenvalue weighted by atomic mass is 32.1. The molecule has 0 aliphatic carbocycles. The van der Waals surface area contributed by atoms with Crippen LogP contribution in [0.15, 0.2) is 48.5 Å². The molecule has 1 aliphatic rings. The molecule has 2 heterocycles. The van der Waals surface area contributed by atoms with E-state index in [0.717, 1.165) is 16.0 Å². The molecule has 2 N–H and O–H groups in total. The van der Waals surface area contributed by atoms with Crippen molar-refractivity contribution in [1.29, 1.82) is 0 Å². The molecule has 0 saturated heterocycles. The summed E-state index contributed by atoms with van der Waals surface area (Å²) >= 11 is 1.22. The summed E-state index contributed by atoms with van der Waals surface area (Å²) in [5.41, 5.74) is 2.79. The number of amides is 1. The van der Waals surface area contributed by atoms with Gasteiger partial charge >= 0.3 is 5.97 Å². The van der Waals surface area contributed by atoms with Crippen LogP contribution in [0.4, 0.5) is 5.69 Å². The highest BCUT2D eigenvalue weighted by molar-refractivity contribution is 7.15. The molecular weight excluding hydrogens is 426 g/mol. The largest absolute Gasteiger partial charge is 0.490 e. The molecule has 1 amide bonds. The maximum atomic E-state index is 12.7. The van der Waals surface area contributed by atoms with E-state index in [2.05, 4.69) is 5.32 Å². The molecule has 0 radical (unpaired) electrons. The van der Waals surface area contributed by atoms with Gasteiger partial charge in [0.15, 0.2) is 11.5 Å². The van der Waals surface area contributed by atoms with E-state index in [1.165, 1.54) is 11.3 Å². The quantitative estimate of drug-likeness (QED) is 0.476. The lowest BCUT2D eigenvalue weighted by Crippen LogP contribution is -2.22. The summed E-state index contributed by atoms with van der Waals surface area (Å²) in [5.74, 6) is -0.161. The zero-order valence-electron chi connectivity index (χ0n) is 18.2. The summed E-state index contributed by atoms with van der Waals surface area (Å²) in [4.78, 5) is 25.8. The Balaban J connectivity index is 1.85. The molecule has 0 bridgehead atoms. The number of hydrogen-bond acceptors (Lipinski definition) is 5. The molecule has 3 aromatic rings. The lowest BCUT2D eigenvalue weighted by molar-refractivity contribution is -0.116. The second kappa shape index (κ2) is 9.04. The smallest absolute Gasteiger partial charge is 0.346 e. The molecule has 0 spiro atoms. The maximum absolute atomic E-state index is 12.7. The number of aromatic carboxylic acids is 1. The van der Waals surface area contributed by atoms with Crippen LogP contribution in [-0.2, 0) is 4.79 Å². The number of ether oxygens (including phenoxy) is 2. The van der Waals surface area contributed by atoms with E-state index in [1.54, 1.807) is 0 Å². The van der Waals surface area contributed by atoms with Crippen molar-refractivity contribution in [3.8, 4) is 22.6 Å². The first-order valence-corrected chi connectivity index (χ1v) is 11.4. The van der Waals surface area contributed by atoms with Gasteiger partial charge in [0.2, 0.25) is 5.91 Å². The Labute approximate surface area is 190 Å². The third-order valence-corrected chi connectivity index (χ3v) is 6.49. The van der Waals surface area contributed by atoms with E-state index in [1.807, 2.05) is 69.3 Å². The molecule has 32 heavy (non-hydrogen) atoms. The molecule has 0 saturated carbocycles. The molecule has 0 fully saturated rings. The van der Waals surface area contributed by atoms with E-state index < -0.39 is 5.97 Å². The second-order valence-electron chi connectivity index (χ2n) is 7.83. The first-order chi connectivity index (χ1) is 15.4. The molecule has 4 rings (SSSR count). The Morgan fingerprint density at radius 2 is 1.94 bits per heavy atom. The number of carboxylic acid groups (broad SMARTS) is 1. The predicted molar refractivity (Wildman–Crippen MR) is 125 cm³/mol. The predicted octanol–water partition coefficient (Wildman–Crippen LogP) is 5.77. The molecule has 1 aliphatic heterocycles. The highest BCUT2D eigenvalue weighted by Crippen LogP contribution is 2.50. The van der Waals surface area contributed by atoms with Gasteiger partial charge in [0, 0.05) is 22.8 Å². The van der Waals surface area contributed by atoms with Gasteiger partial charge in [-0.2, -0.15) is 0 Å². The molecular formula is C25H25NO5S. The van der Waals surface area contributed by atoms with Gasteiger partial charge in [-0.15, -0.1) is 11.3 Å². The number of thiophene rings is 1. The summed E-state index contributed by atoms with van der Waals surface area (Å²) in [6.45, 7) is 6.29. The van der Waals surface area contributed by atoms with Crippen LogP contribution in [0.25, 0.3) is 11.1 Å². The van der Waals surface area contributed by atoms with Crippen LogP contribution in [0.1, 0.15) is 53.2 Å².